The summed E-state index contributed by atoms with van der Waals surface area (Å²) >= 11 is 3.36. The molecule has 2 rings (SSSR count). The van der Waals surface area contributed by atoms with Crippen LogP contribution in [0.2, 0.25) is 0 Å². The molecule has 1 aromatic rings. The fourth-order valence-electron chi connectivity index (χ4n) is 1.81. The van der Waals surface area contributed by atoms with Crippen molar-refractivity contribution < 1.29 is 0 Å². The maximum Gasteiger partial charge on any atom is 0.223 e. The largest absolute Gasteiger partial charge is 0.369 e. The summed E-state index contributed by atoms with van der Waals surface area (Å²) in [6.45, 7) is 1.89. The first-order valence-corrected chi connectivity index (χ1v) is 6.63. The van der Waals surface area contributed by atoms with E-state index in [0.29, 0.717) is 5.96 Å². The van der Waals surface area contributed by atoms with Gasteiger partial charge < -0.3 is 16.4 Å². The van der Waals surface area contributed by atoms with Gasteiger partial charge in [-0.2, -0.15) is 4.99 Å². The lowest BCUT2D eigenvalue weighted by atomic mass is 10.3. The Balaban J connectivity index is 0.00000180. The van der Waals surface area contributed by atoms with E-state index in [-0.39, 0.29) is 18.4 Å². The monoisotopic (exact) mass is 345 g/mol. The second-order valence-electron chi connectivity index (χ2n) is 4.11. The number of rotatable bonds is 1. The molecule has 0 aromatic heterocycles. The van der Waals surface area contributed by atoms with Crippen LogP contribution in [0.3, 0.4) is 0 Å². The number of halogens is 2. The van der Waals surface area contributed by atoms with Crippen molar-refractivity contribution in [3.63, 3.8) is 0 Å². The molecular formula is C12H17BrClN5. The molecule has 0 saturated carbocycles. The molecule has 4 N–H and O–H groups in total. The smallest absolute Gasteiger partial charge is 0.223 e. The molecule has 0 amide bonds. The maximum atomic E-state index is 5.87. The Morgan fingerprint density at radius 3 is 2.26 bits per heavy atom. The Kier molecular flexibility index (Phi) is 6.11. The van der Waals surface area contributed by atoms with Crippen LogP contribution in [0.5, 0.6) is 0 Å². The minimum atomic E-state index is 0. The van der Waals surface area contributed by atoms with E-state index in [0.717, 1.165) is 36.1 Å². The summed E-state index contributed by atoms with van der Waals surface area (Å²) in [6.07, 6.45) is 2.31. The number of likely N-dealkylation sites (tertiary alicyclic amines) is 1. The Hall–Kier alpha value is -1.27. The van der Waals surface area contributed by atoms with Gasteiger partial charge in [0.15, 0.2) is 5.96 Å². The summed E-state index contributed by atoms with van der Waals surface area (Å²) in [5, 5.41) is 0. The Morgan fingerprint density at radius 2 is 1.68 bits per heavy atom. The molecule has 104 valence electrons. The van der Waals surface area contributed by atoms with Crippen LogP contribution in [-0.2, 0) is 0 Å². The van der Waals surface area contributed by atoms with Crippen LogP contribution < -0.4 is 11.5 Å². The van der Waals surface area contributed by atoms with E-state index in [2.05, 4.69) is 25.9 Å². The quantitative estimate of drug-likeness (QED) is 0.604. The molecule has 1 saturated heterocycles. The molecule has 0 radical (unpaired) electrons. The highest BCUT2D eigenvalue weighted by atomic mass is 79.9. The molecule has 7 heteroatoms. The van der Waals surface area contributed by atoms with E-state index >= 15 is 0 Å². The summed E-state index contributed by atoms with van der Waals surface area (Å²) in [4.78, 5) is 10.3. The molecule has 0 bridgehead atoms. The number of nitrogens with two attached hydrogens (primary N) is 2. The summed E-state index contributed by atoms with van der Waals surface area (Å²) in [5.41, 5.74) is 12.4. The molecule has 0 spiro atoms. The van der Waals surface area contributed by atoms with Gasteiger partial charge in [0.05, 0.1) is 5.69 Å². The first-order chi connectivity index (χ1) is 8.65. The van der Waals surface area contributed by atoms with E-state index in [4.69, 9.17) is 11.5 Å². The van der Waals surface area contributed by atoms with Gasteiger partial charge in [-0.25, -0.2) is 4.99 Å². The number of nitrogens with zero attached hydrogens (tertiary/aromatic N) is 3. The van der Waals surface area contributed by atoms with Crippen molar-refractivity contribution >= 4 is 45.9 Å². The van der Waals surface area contributed by atoms with Crippen molar-refractivity contribution in [2.24, 2.45) is 21.5 Å². The fourth-order valence-corrected chi connectivity index (χ4v) is 2.07. The maximum absolute atomic E-state index is 5.87. The van der Waals surface area contributed by atoms with Crippen molar-refractivity contribution in [3.8, 4) is 0 Å². The Bertz CT molecular complexity index is 466. The lowest BCUT2D eigenvalue weighted by Gasteiger charge is -2.15. The van der Waals surface area contributed by atoms with E-state index in [9.17, 15) is 0 Å². The van der Waals surface area contributed by atoms with Gasteiger partial charge >= 0.3 is 0 Å². The highest BCUT2D eigenvalue weighted by molar-refractivity contribution is 9.10. The van der Waals surface area contributed by atoms with Gasteiger partial charge in [-0.3, -0.25) is 0 Å². The molecule has 5 nitrogen and oxygen atoms in total. The first kappa shape index (κ1) is 15.8. The average Bonchev–Trinajstić information content (AvgIpc) is 2.85. The zero-order valence-corrected chi connectivity index (χ0v) is 12.8. The second-order valence-corrected chi connectivity index (χ2v) is 5.03. The van der Waals surface area contributed by atoms with Gasteiger partial charge in [0, 0.05) is 17.6 Å². The van der Waals surface area contributed by atoms with Gasteiger partial charge in [0.25, 0.3) is 0 Å². The van der Waals surface area contributed by atoms with Crippen LogP contribution in [0.25, 0.3) is 0 Å². The number of guanidine groups is 2. The van der Waals surface area contributed by atoms with Gasteiger partial charge in [-0.15, -0.1) is 12.4 Å². The summed E-state index contributed by atoms with van der Waals surface area (Å²) in [7, 11) is 0. The SMILES string of the molecule is Cl.NC(=Nc1ccc(Br)cc1)N=C(N)N1CCCC1. The topological polar surface area (TPSA) is 80.0 Å². The van der Waals surface area contributed by atoms with Crippen molar-refractivity contribution in [1.29, 1.82) is 0 Å². The first-order valence-electron chi connectivity index (χ1n) is 5.84. The molecule has 0 unspecified atom stereocenters. The molecule has 1 fully saturated rings. The molecule has 0 atom stereocenters. The van der Waals surface area contributed by atoms with E-state index in [1.165, 1.54) is 0 Å². The lowest BCUT2D eigenvalue weighted by molar-refractivity contribution is 0.514. The summed E-state index contributed by atoms with van der Waals surface area (Å²) in [6, 6.07) is 7.52. The second kappa shape index (κ2) is 7.35. The van der Waals surface area contributed by atoms with E-state index < -0.39 is 0 Å². The third-order valence-corrected chi connectivity index (χ3v) is 3.26. The molecule has 1 aliphatic heterocycles. The van der Waals surface area contributed by atoms with Crippen LogP contribution in [0.1, 0.15) is 12.8 Å². The van der Waals surface area contributed by atoms with Crippen molar-refractivity contribution in [2.75, 3.05) is 13.1 Å². The molecule has 1 aliphatic rings. The number of hydrogen-bond donors (Lipinski definition) is 2. The fraction of sp³-hybridized carbons (Fsp3) is 0.333. The standard InChI is InChI=1S/C12H16BrN5.ClH/c13-9-3-5-10(6-4-9)16-11(14)17-12(15)18-7-1-2-8-18;/h3-6H,1-2,7-8H2,(H4,14,15,16,17);1H. The van der Waals surface area contributed by atoms with Crippen molar-refractivity contribution in [1.82, 2.24) is 4.90 Å². The summed E-state index contributed by atoms with van der Waals surface area (Å²) in [5.74, 6) is 0.632. The predicted octanol–water partition coefficient (Wildman–Crippen LogP) is 2.23. The molecular weight excluding hydrogens is 330 g/mol. The Labute approximate surface area is 127 Å². The normalized spacial score (nSPS) is 16.4. The van der Waals surface area contributed by atoms with Crippen LogP contribution >= 0.6 is 28.3 Å². The molecule has 19 heavy (non-hydrogen) atoms. The zero-order valence-electron chi connectivity index (χ0n) is 10.4. The average molecular weight is 347 g/mol. The highest BCUT2D eigenvalue weighted by Crippen LogP contribution is 2.16. The van der Waals surface area contributed by atoms with E-state index in [1.807, 2.05) is 29.2 Å². The number of hydrogen-bond acceptors (Lipinski definition) is 1. The minimum absolute atomic E-state index is 0. The zero-order chi connectivity index (χ0) is 13.0. The van der Waals surface area contributed by atoms with Gasteiger partial charge in [-0.05, 0) is 37.1 Å². The third-order valence-electron chi connectivity index (χ3n) is 2.73. The third kappa shape index (κ3) is 4.72. The number of aliphatic imine (C=N–C) groups is 2. The predicted molar refractivity (Wildman–Crippen MR) is 85.1 cm³/mol. The van der Waals surface area contributed by atoms with Crippen molar-refractivity contribution in [2.45, 2.75) is 12.8 Å². The van der Waals surface area contributed by atoms with Gasteiger partial charge in [0.2, 0.25) is 5.96 Å². The summed E-state index contributed by atoms with van der Waals surface area (Å²) < 4.78 is 1.00. The van der Waals surface area contributed by atoms with Crippen LogP contribution in [0.15, 0.2) is 38.7 Å². The van der Waals surface area contributed by atoms with Crippen LogP contribution in [-0.4, -0.2) is 29.9 Å². The molecule has 1 aromatic carbocycles. The lowest BCUT2D eigenvalue weighted by Crippen LogP contribution is -2.36. The van der Waals surface area contributed by atoms with Gasteiger partial charge in [0.1, 0.15) is 0 Å². The van der Waals surface area contributed by atoms with Crippen LogP contribution in [0.4, 0.5) is 5.69 Å². The highest BCUT2D eigenvalue weighted by Gasteiger charge is 2.13. The molecule has 0 aliphatic carbocycles. The number of benzene rings is 1. The van der Waals surface area contributed by atoms with Crippen LogP contribution in [0, 0.1) is 0 Å². The van der Waals surface area contributed by atoms with Crippen molar-refractivity contribution in [3.05, 3.63) is 28.7 Å². The Morgan fingerprint density at radius 1 is 1.11 bits per heavy atom. The minimum Gasteiger partial charge on any atom is -0.369 e. The van der Waals surface area contributed by atoms with E-state index in [1.54, 1.807) is 0 Å². The van der Waals surface area contributed by atoms with Gasteiger partial charge in [-0.1, -0.05) is 15.9 Å². The molecule has 1 heterocycles.